The van der Waals surface area contributed by atoms with Gasteiger partial charge in [0.25, 0.3) is 0 Å². The minimum atomic E-state index is -1.05. The van der Waals surface area contributed by atoms with E-state index in [2.05, 4.69) is 5.32 Å². The van der Waals surface area contributed by atoms with Gasteiger partial charge in [0, 0.05) is 18.7 Å². The summed E-state index contributed by atoms with van der Waals surface area (Å²) in [6, 6.07) is 12.9. The average Bonchev–Trinajstić information content (AvgIpc) is 2.52. The smallest absolute Gasteiger partial charge is 0.341 e. The molecule has 0 atom stereocenters. The molecule has 2 N–H and O–H groups in total. The van der Waals surface area contributed by atoms with Crippen LogP contribution in [0.15, 0.2) is 42.5 Å². The summed E-state index contributed by atoms with van der Waals surface area (Å²) < 4.78 is 10.3. The van der Waals surface area contributed by atoms with Gasteiger partial charge < -0.3 is 19.9 Å². The van der Waals surface area contributed by atoms with Gasteiger partial charge in [-0.25, -0.2) is 4.79 Å². The van der Waals surface area contributed by atoms with Gasteiger partial charge in [-0.2, -0.15) is 0 Å². The normalized spacial score (nSPS) is 10.0. The summed E-state index contributed by atoms with van der Waals surface area (Å²) in [4.78, 5) is 11.5. The Kier molecular flexibility index (Phi) is 4.66. The van der Waals surface area contributed by atoms with E-state index in [0.717, 1.165) is 5.56 Å². The number of anilines is 1. The van der Waals surface area contributed by atoms with Crippen LogP contribution in [0, 0.1) is 0 Å². The molecule has 0 spiro atoms. The topological polar surface area (TPSA) is 67.8 Å². The molecule has 2 aromatic carbocycles. The van der Waals surface area contributed by atoms with Crippen molar-refractivity contribution in [2.24, 2.45) is 0 Å². The van der Waals surface area contributed by atoms with E-state index in [9.17, 15) is 9.90 Å². The molecule has 0 unspecified atom stereocenters. The molecular formula is C16H17NO4. The molecule has 0 amide bonds. The molecule has 5 heteroatoms. The molecule has 0 bridgehead atoms. The summed E-state index contributed by atoms with van der Waals surface area (Å²) in [6.45, 7) is 0.511. The van der Waals surface area contributed by atoms with Crippen molar-refractivity contribution in [2.75, 3.05) is 19.5 Å². The number of nitrogens with one attached hydrogen (secondary N) is 1. The Morgan fingerprint density at radius 3 is 2.43 bits per heavy atom. The molecule has 21 heavy (non-hydrogen) atoms. The van der Waals surface area contributed by atoms with Crippen LogP contribution in [0.2, 0.25) is 0 Å². The molecule has 0 saturated heterocycles. The van der Waals surface area contributed by atoms with Crippen molar-refractivity contribution in [1.29, 1.82) is 0 Å². The van der Waals surface area contributed by atoms with E-state index in [4.69, 9.17) is 9.47 Å². The number of carboxylic acid groups (broad SMARTS) is 1. The Morgan fingerprint density at radius 1 is 1.14 bits per heavy atom. The second kappa shape index (κ2) is 6.65. The third-order valence-corrected chi connectivity index (χ3v) is 3.07. The van der Waals surface area contributed by atoms with Crippen LogP contribution in [0.25, 0.3) is 0 Å². The first-order valence-corrected chi connectivity index (χ1v) is 6.42. The zero-order valence-corrected chi connectivity index (χ0v) is 11.9. The summed E-state index contributed by atoms with van der Waals surface area (Å²) >= 11 is 0. The second-order valence-corrected chi connectivity index (χ2v) is 4.40. The van der Waals surface area contributed by atoms with Gasteiger partial charge in [-0.1, -0.05) is 30.3 Å². The van der Waals surface area contributed by atoms with Gasteiger partial charge in [0.2, 0.25) is 0 Å². The zero-order chi connectivity index (χ0) is 15.2. The highest BCUT2D eigenvalue weighted by Gasteiger charge is 2.18. The zero-order valence-electron chi connectivity index (χ0n) is 11.9. The van der Waals surface area contributed by atoms with Crippen molar-refractivity contribution in [3.8, 4) is 11.5 Å². The lowest BCUT2D eigenvalue weighted by Gasteiger charge is -2.14. The van der Waals surface area contributed by atoms with Crippen LogP contribution < -0.4 is 14.8 Å². The highest BCUT2D eigenvalue weighted by atomic mass is 16.5. The van der Waals surface area contributed by atoms with Crippen LogP contribution in [0.4, 0.5) is 5.69 Å². The number of carboxylic acids is 1. The summed E-state index contributed by atoms with van der Waals surface area (Å²) in [6.07, 6.45) is 0. The van der Waals surface area contributed by atoms with Crippen LogP contribution >= 0.6 is 0 Å². The molecule has 0 aliphatic rings. The molecule has 0 aromatic heterocycles. The maximum absolute atomic E-state index is 11.5. The van der Waals surface area contributed by atoms with Crippen LogP contribution in [0.5, 0.6) is 11.5 Å². The van der Waals surface area contributed by atoms with Gasteiger partial charge in [0.1, 0.15) is 17.1 Å². The maximum Gasteiger partial charge on any atom is 0.341 e. The number of rotatable bonds is 6. The van der Waals surface area contributed by atoms with Crippen molar-refractivity contribution in [1.82, 2.24) is 0 Å². The summed E-state index contributed by atoms with van der Waals surface area (Å²) in [5.41, 5.74) is 1.60. The number of benzene rings is 2. The maximum atomic E-state index is 11.5. The van der Waals surface area contributed by atoms with Crippen molar-refractivity contribution < 1.29 is 19.4 Å². The van der Waals surface area contributed by atoms with Gasteiger partial charge in [-0.3, -0.25) is 0 Å². The van der Waals surface area contributed by atoms with Crippen LogP contribution in [0.1, 0.15) is 15.9 Å². The standard InChI is InChI=1S/C16H17NO4/c1-20-12-8-13(15(16(18)19)14(9-12)21-2)17-10-11-6-4-3-5-7-11/h3-9,17H,10H2,1-2H3,(H,18,19). The fourth-order valence-electron chi connectivity index (χ4n) is 2.02. The summed E-state index contributed by atoms with van der Waals surface area (Å²) in [5, 5.41) is 12.5. The third kappa shape index (κ3) is 3.45. The lowest BCUT2D eigenvalue weighted by atomic mass is 10.1. The fraction of sp³-hybridized carbons (Fsp3) is 0.188. The molecule has 110 valence electrons. The molecule has 0 fully saturated rings. The first-order valence-electron chi connectivity index (χ1n) is 6.42. The predicted octanol–water partition coefficient (Wildman–Crippen LogP) is 3.01. The van der Waals surface area contributed by atoms with Crippen LogP contribution in [-0.2, 0) is 6.54 Å². The molecular weight excluding hydrogens is 270 g/mol. The molecule has 0 radical (unpaired) electrons. The van der Waals surface area contributed by atoms with Crippen molar-refractivity contribution in [3.05, 3.63) is 53.6 Å². The van der Waals surface area contributed by atoms with Gasteiger partial charge in [-0.05, 0) is 5.56 Å². The van der Waals surface area contributed by atoms with E-state index in [1.165, 1.54) is 14.2 Å². The number of ether oxygens (including phenoxy) is 2. The average molecular weight is 287 g/mol. The SMILES string of the molecule is COc1cc(NCc2ccccc2)c(C(=O)O)c(OC)c1. The Labute approximate surface area is 123 Å². The van der Waals surface area contributed by atoms with Crippen molar-refractivity contribution in [2.45, 2.75) is 6.54 Å². The van der Waals surface area contributed by atoms with E-state index >= 15 is 0 Å². The number of hydrogen-bond donors (Lipinski definition) is 2. The van der Waals surface area contributed by atoms with Crippen molar-refractivity contribution in [3.63, 3.8) is 0 Å². The van der Waals surface area contributed by atoms with Crippen LogP contribution in [0.3, 0.4) is 0 Å². The van der Waals surface area contributed by atoms with E-state index in [1.54, 1.807) is 12.1 Å². The Hall–Kier alpha value is -2.69. The predicted molar refractivity (Wildman–Crippen MR) is 80.3 cm³/mol. The number of hydrogen-bond acceptors (Lipinski definition) is 4. The quantitative estimate of drug-likeness (QED) is 0.854. The minimum absolute atomic E-state index is 0.0919. The minimum Gasteiger partial charge on any atom is -0.497 e. The molecule has 2 rings (SSSR count). The fourth-order valence-corrected chi connectivity index (χ4v) is 2.02. The van der Waals surface area contributed by atoms with E-state index in [-0.39, 0.29) is 11.3 Å². The number of methoxy groups -OCH3 is 2. The Bertz CT molecular complexity index is 626. The Morgan fingerprint density at radius 2 is 1.86 bits per heavy atom. The highest BCUT2D eigenvalue weighted by molar-refractivity contribution is 5.98. The van der Waals surface area contributed by atoms with E-state index in [0.29, 0.717) is 18.0 Å². The van der Waals surface area contributed by atoms with Gasteiger partial charge in [-0.15, -0.1) is 0 Å². The highest BCUT2D eigenvalue weighted by Crippen LogP contribution is 2.32. The summed E-state index contributed by atoms with van der Waals surface area (Å²) in [5.74, 6) is -0.255. The lowest BCUT2D eigenvalue weighted by Crippen LogP contribution is -2.09. The second-order valence-electron chi connectivity index (χ2n) is 4.40. The van der Waals surface area contributed by atoms with Crippen molar-refractivity contribution >= 4 is 11.7 Å². The van der Waals surface area contributed by atoms with E-state index in [1.807, 2.05) is 30.3 Å². The third-order valence-electron chi connectivity index (χ3n) is 3.07. The molecule has 0 heterocycles. The molecule has 0 saturated carbocycles. The van der Waals surface area contributed by atoms with E-state index < -0.39 is 5.97 Å². The number of aromatic carboxylic acids is 1. The van der Waals surface area contributed by atoms with Gasteiger partial charge >= 0.3 is 5.97 Å². The Balaban J connectivity index is 2.34. The van der Waals surface area contributed by atoms with Crippen LogP contribution in [-0.4, -0.2) is 25.3 Å². The van der Waals surface area contributed by atoms with Gasteiger partial charge in [0.05, 0.1) is 19.9 Å². The summed E-state index contributed by atoms with van der Waals surface area (Å²) in [7, 11) is 2.96. The van der Waals surface area contributed by atoms with Gasteiger partial charge in [0.15, 0.2) is 0 Å². The first-order chi connectivity index (χ1) is 10.2. The molecule has 0 aliphatic heterocycles. The monoisotopic (exact) mass is 287 g/mol. The molecule has 2 aromatic rings. The number of carbonyl (C=O) groups is 1. The largest absolute Gasteiger partial charge is 0.497 e. The molecule has 0 aliphatic carbocycles. The molecule has 5 nitrogen and oxygen atoms in total. The first kappa shape index (κ1) is 14.7. The lowest BCUT2D eigenvalue weighted by molar-refractivity contribution is 0.0694.